The average Bonchev–Trinajstić information content (AvgIpc) is 3.12. The van der Waals surface area contributed by atoms with Gasteiger partial charge in [-0.3, -0.25) is 9.52 Å². The fourth-order valence-corrected chi connectivity index (χ4v) is 3.89. The zero-order chi connectivity index (χ0) is 20.9. The molecule has 10 heteroatoms. The number of halogens is 1. The number of carbonyl (C=O) groups excluding carboxylic acids is 1. The van der Waals surface area contributed by atoms with Gasteiger partial charge >= 0.3 is 0 Å². The molecule has 0 aliphatic heterocycles. The first kappa shape index (κ1) is 21.0. The first-order valence-electron chi connectivity index (χ1n) is 8.79. The predicted octanol–water partition coefficient (Wildman–Crippen LogP) is 3.30. The van der Waals surface area contributed by atoms with E-state index in [9.17, 15) is 13.2 Å². The molecule has 0 spiro atoms. The summed E-state index contributed by atoms with van der Waals surface area (Å²) in [5.41, 5.74) is 0.691. The van der Waals surface area contributed by atoms with Crippen molar-refractivity contribution in [3.63, 3.8) is 0 Å². The zero-order valence-electron chi connectivity index (χ0n) is 15.6. The maximum Gasteiger partial charge on any atom is 0.261 e. The standard InChI is InChI=1S/C19H19BrN4O4S/c1-13-22-18(28-23-13)6-3-11-21-19(25)14-4-2-5-17(12-14)29(26,27)24-16-9-7-15(20)8-10-16/h2,4-5,7-10,12,24H,3,6,11H2,1H3,(H,21,25). The van der Waals surface area contributed by atoms with E-state index >= 15 is 0 Å². The Morgan fingerprint density at radius 1 is 1.17 bits per heavy atom. The summed E-state index contributed by atoms with van der Waals surface area (Å²) in [6.45, 7) is 2.13. The van der Waals surface area contributed by atoms with E-state index in [-0.39, 0.29) is 16.4 Å². The van der Waals surface area contributed by atoms with Crippen molar-refractivity contribution in [2.24, 2.45) is 0 Å². The van der Waals surface area contributed by atoms with Crippen LogP contribution in [0.2, 0.25) is 0 Å². The Morgan fingerprint density at radius 2 is 1.93 bits per heavy atom. The second-order valence-electron chi connectivity index (χ2n) is 6.24. The van der Waals surface area contributed by atoms with Crippen LogP contribution in [0.15, 0.2) is 62.4 Å². The quantitative estimate of drug-likeness (QED) is 0.480. The minimum absolute atomic E-state index is 0.00871. The van der Waals surface area contributed by atoms with Gasteiger partial charge in [-0.2, -0.15) is 4.98 Å². The number of hydrogen-bond acceptors (Lipinski definition) is 6. The molecule has 1 aromatic heterocycles. The molecule has 2 aromatic carbocycles. The summed E-state index contributed by atoms with van der Waals surface area (Å²) < 4.78 is 33.6. The minimum Gasteiger partial charge on any atom is -0.352 e. The normalized spacial score (nSPS) is 11.2. The highest BCUT2D eigenvalue weighted by atomic mass is 79.9. The summed E-state index contributed by atoms with van der Waals surface area (Å²) in [6, 6.07) is 12.6. The SMILES string of the molecule is Cc1noc(CCCNC(=O)c2cccc(S(=O)(=O)Nc3ccc(Br)cc3)c2)n1. The number of anilines is 1. The van der Waals surface area contributed by atoms with E-state index in [1.165, 1.54) is 18.2 Å². The second kappa shape index (κ2) is 9.19. The number of amides is 1. The summed E-state index contributed by atoms with van der Waals surface area (Å²) in [5.74, 6) is 0.732. The number of nitrogens with zero attached hydrogens (tertiary/aromatic N) is 2. The number of hydrogen-bond donors (Lipinski definition) is 2. The van der Waals surface area contributed by atoms with E-state index < -0.39 is 10.0 Å². The van der Waals surface area contributed by atoms with Gasteiger partial charge in [0.1, 0.15) is 0 Å². The molecule has 0 radical (unpaired) electrons. The van der Waals surface area contributed by atoms with Crippen molar-refractivity contribution in [1.82, 2.24) is 15.5 Å². The second-order valence-corrected chi connectivity index (χ2v) is 8.83. The monoisotopic (exact) mass is 478 g/mol. The van der Waals surface area contributed by atoms with Gasteiger partial charge in [-0.05, 0) is 55.8 Å². The average molecular weight is 479 g/mol. The Bertz CT molecular complexity index is 1100. The van der Waals surface area contributed by atoms with Crippen LogP contribution in [-0.4, -0.2) is 31.0 Å². The van der Waals surface area contributed by atoms with Crippen molar-refractivity contribution in [2.75, 3.05) is 11.3 Å². The Kier molecular flexibility index (Phi) is 6.65. The van der Waals surface area contributed by atoms with Gasteiger partial charge in [0.15, 0.2) is 5.82 Å². The van der Waals surface area contributed by atoms with Gasteiger partial charge in [0.2, 0.25) is 5.89 Å². The molecular formula is C19H19BrN4O4S. The molecule has 0 bridgehead atoms. The molecule has 8 nitrogen and oxygen atoms in total. The Hall–Kier alpha value is -2.72. The zero-order valence-corrected chi connectivity index (χ0v) is 18.0. The van der Waals surface area contributed by atoms with Crippen molar-refractivity contribution >= 4 is 37.5 Å². The molecule has 152 valence electrons. The molecule has 2 N–H and O–H groups in total. The number of aromatic nitrogens is 2. The number of aryl methyl sites for hydroxylation is 2. The van der Waals surface area contributed by atoms with Crippen LogP contribution < -0.4 is 10.0 Å². The molecule has 0 unspecified atom stereocenters. The lowest BCUT2D eigenvalue weighted by Crippen LogP contribution is -2.25. The van der Waals surface area contributed by atoms with Gasteiger partial charge in [-0.25, -0.2) is 8.42 Å². The van der Waals surface area contributed by atoms with Crippen LogP contribution in [0.4, 0.5) is 5.69 Å². The molecule has 29 heavy (non-hydrogen) atoms. The summed E-state index contributed by atoms with van der Waals surface area (Å²) in [6.07, 6.45) is 1.17. The molecule has 0 aliphatic carbocycles. The molecule has 0 aliphatic rings. The van der Waals surface area contributed by atoms with Crippen molar-refractivity contribution in [1.29, 1.82) is 0 Å². The number of rotatable bonds is 8. The number of sulfonamides is 1. The van der Waals surface area contributed by atoms with E-state index in [0.717, 1.165) is 4.47 Å². The minimum atomic E-state index is -3.81. The van der Waals surface area contributed by atoms with Crippen LogP contribution in [0.25, 0.3) is 0 Å². The third-order valence-electron chi connectivity index (χ3n) is 3.93. The fourth-order valence-electron chi connectivity index (χ4n) is 2.52. The lowest BCUT2D eigenvalue weighted by Gasteiger charge is -2.10. The van der Waals surface area contributed by atoms with E-state index in [1.807, 2.05) is 0 Å². The first-order chi connectivity index (χ1) is 13.8. The molecule has 0 fully saturated rings. The molecule has 3 rings (SSSR count). The lowest BCUT2D eigenvalue weighted by atomic mass is 10.2. The lowest BCUT2D eigenvalue weighted by molar-refractivity contribution is 0.0952. The van der Waals surface area contributed by atoms with Gasteiger partial charge in [0.25, 0.3) is 15.9 Å². The highest BCUT2D eigenvalue weighted by molar-refractivity contribution is 9.10. The molecule has 0 atom stereocenters. The fraction of sp³-hybridized carbons (Fsp3) is 0.211. The third kappa shape index (κ3) is 5.88. The van der Waals surface area contributed by atoms with Crippen LogP contribution in [0, 0.1) is 6.92 Å². The van der Waals surface area contributed by atoms with E-state index in [0.29, 0.717) is 36.8 Å². The highest BCUT2D eigenvalue weighted by Gasteiger charge is 2.16. The van der Waals surface area contributed by atoms with Crippen LogP contribution in [0.5, 0.6) is 0 Å². The Balaban J connectivity index is 1.60. The molecule has 1 heterocycles. The van der Waals surface area contributed by atoms with Gasteiger partial charge in [0, 0.05) is 28.7 Å². The van der Waals surface area contributed by atoms with Crippen molar-refractivity contribution in [3.8, 4) is 0 Å². The number of nitrogens with one attached hydrogen (secondary N) is 2. The molecule has 3 aromatic rings. The highest BCUT2D eigenvalue weighted by Crippen LogP contribution is 2.19. The summed E-state index contributed by atoms with van der Waals surface area (Å²) in [4.78, 5) is 16.5. The van der Waals surface area contributed by atoms with E-state index in [1.54, 1.807) is 37.3 Å². The Labute approximate surface area is 176 Å². The number of benzene rings is 2. The third-order valence-corrected chi connectivity index (χ3v) is 5.83. The first-order valence-corrected chi connectivity index (χ1v) is 11.1. The van der Waals surface area contributed by atoms with Crippen LogP contribution >= 0.6 is 15.9 Å². The van der Waals surface area contributed by atoms with Gasteiger partial charge in [-0.1, -0.05) is 27.2 Å². The summed E-state index contributed by atoms with van der Waals surface area (Å²) >= 11 is 3.30. The van der Waals surface area contributed by atoms with Gasteiger partial charge in [0.05, 0.1) is 4.90 Å². The van der Waals surface area contributed by atoms with Crippen molar-refractivity contribution in [2.45, 2.75) is 24.7 Å². The Morgan fingerprint density at radius 3 is 2.62 bits per heavy atom. The van der Waals surface area contributed by atoms with Gasteiger partial charge in [-0.15, -0.1) is 0 Å². The summed E-state index contributed by atoms with van der Waals surface area (Å²) in [5, 5.41) is 6.47. The van der Waals surface area contributed by atoms with Crippen LogP contribution in [0.3, 0.4) is 0 Å². The molecule has 0 saturated carbocycles. The molecule has 0 saturated heterocycles. The van der Waals surface area contributed by atoms with E-state index in [4.69, 9.17) is 4.52 Å². The number of carbonyl (C=O) groups is 1. The molecular weight excluding hydrogens is 460 g/mol. The molecule has 1 amide bonds. The maximum absolute atomic E-state index is 12.6. The summed E-state index contributed by atoms with van der Waals surface area (Å²) in [7, 11) is -3.81. The van der Waals surface area contributed by atoms with E-state index in [2.05, 4.69) is 36.1 Å². The topological polar surface area (TPSA) is 114 Å². The predicted molar refractivity (Wildman–Crippen MR) is 111 cm³/mol. The van der Waals surface area contributed by atoms with Crippen LogP contribution in [-0.2, 0) is 16.4 Å². The van der Waals surface area contributed by atoms with Crippen molar-refractivity contribution < 1.29 is 17.7 Å². The van der Waals surface area contributed by atoms with Crippen molar-refractivity contribution in [3.05, 3.63) is 70.3 Å². The largest absolute Gasteiger partial charge is 0.352 e. The van der Waals surface area contributed by atoms with Gasteiger partial charge < -0.3 is 9.84 Å². The maximum atomic E-state index is 12.6. The smallest absolute Gasteiger partial charge is 0.261 e. The van der Waals surface area contributed by atoms with Crippen LogP contribution in [0.1, 0.15) is 28.5 Å².